The summed E-state index contributed by atoms with van der Waals surface area (Å²) in [7, 11) is 1.57. The normalized spacial score (nSPS) is 10.5. The summed E-state index contributed by atoms with van der Waals surface area (Å²) in [4.78, 5) is 22.3. The molecule has 0 saturated heterocycles. The Bertz CT molecular complexity index is 850. The Balaban J connectivity index is 1.96. The smallest absolute Gasteiger partial charge is 0.306 e. The van der Waals surface area contributed by atoms with E-state index in [0.29, 0.717) is 24.7 Å². The maximum Gasteiger partial charge on any atom is 0.306 e. The number of aryl methyl sites for hydroxylation is 1. The van der Waals surface area contributed by atoms with Crippen LogP contribution in [0, 0.1) is 6.92 Å². The average Bonchev–Trinajstić information content (AvgIpc) is 3.18. The summed E-state index contributed by atoms with van der Waals surface area (Å²) in [5.41, 5.74) is 3.33. The van der Waals surface area contributed by atoms with Crippen molar-refractivity contribution in [1.82, 2.24) is 9.97 Å². The predicted molar refractivity (Wildman–Crippen MR) is 98.8 cm³/mol. The van der Waals surface area contributed by atoms with Crippen LogP contribution in [-0.2, 0) is 9.53 Å². The van der Waals surface area contributed by atoms with Crippen molar-refractivity contribution in [3.05, 3.63) is 60.7 Å². The lowest BCUT2D eigenvalue weighted by Gasteiger charge is -2.23. The van der Waals surface area contributed by atoms with Crippen molar-refractivity contribution >= 4 is 29.0 Å². The molecule has 0 spiro atoms. The lowest BCUT2D eigenvalue weighted by Crippen LogP contribution is -2.15. The van der Waals surface area contributed by atoms with Crippen molar-refractivity contribution in [2.75, 3.05) is 23.9 Å². The van der Waals surface area contributed by atoms with Crippen LogP contribution >= 0.6 is 0 Å². The van der Waals surface area contributed by atoms with E-state index in [-0.39, 0.29) is 5.91 Å². The Morgan fingerprint density at radius 1 is 1.31 bits per heavy atom. The fraction of sp³-hybridized carbons (Fsp3) is 0.211. The highest BCUT2D eigenvalue weighted by Gasteiger charge is 2.19. The van der Waals surface area contributed by atoms with E-state index in [1.165, 1.54) is 6.26 Å². The van der Waals surface area contributed by atoms with E-state index in [2.05, 4.69) is 15.3 Å². The van der Waals surface area contributed by atoms with Crippen LogP contribution in [-0.4, -0.2) is 29.6 Å². The number of hydrogen-bond donors (Lipinski definition) is 1. The van der Waals surface area contributed by atoms with Gasteiger partial charge in [-0.2, -0.15) is 0 Å². The minimum Gasteiger partial charge on any atom is -0.432 e. The van der Waals surface area contributed by atoms with Gasteiger partial charge in [0.25, 0.3) is 0 Å². The van der Waals surface area contributed by atoms with Crippen molar-refractivity contribution in [3.63, 3.8) is 0 Å². The van der Waals surface area contributed by atoms with Gasteiger partial charge in [-0.3, -0.25) is 14.7 Å². The first-order chi connectivity index (χ1) is 12.7. The Labute approximate surface area is 151 Å². The molecule has 0 bridgehead atoms. The molecule has 0 aliphatic heterocycles. The molecule has 1 aromatic carbocycles. The SMILES string of the molecule is COCCC(=O)Nc1ccc(C)c(N(c2cccnc2)c2ncco2)c1. The summed E-state index contributed by atoms with van der Waals surface area (Å²) >= 11 is 0. The van der Waals surface area contributed by atoms with Gasteiger partial charge < -0.3 is 14.5 Å². The second kappa shape index (κ2) is 8.26. The van der Waals surface area contributed by atoms with Crippen LogP contribution in [0.25, 0.3) is 0 Å². The molecule has 0 fully saturated rings. The van der Waals surface area contributed by atoms with Crippen LogP contribution in [0.1, 0.15) is 12.0 Å². The van der Waals surface area contributed by atoms with E-state index in [9.17, 15) is 4.79 Å². The van der Waals surface area contributed by atoms with Gasteiger partial charge in [0.05, 0.1) is 36.8 Å². The summed E-state index contributed by atoms with van der Waals surface area (Å²) in [6.45, 7) is 2.36. The largest absolute Gasteiger partial charge is 0.432 e. The third-order valence-electron chi connectivity index (χ3n) is 3.78. The van der Waals surface area contributed by atoms with Gasteiger partial charge in [0, 0.05) is 19.0 Å². The zero-order valence-electron chi connectivity index (χ0n) is 14.7. The number of oxazole rings is 1. The van der Waals surface area contributed by atoms with Crippen molar-refractivity contribution < 1.29 is 13.9 Å². The monoisotopic (exact) mass is 352 g/mol. The second-order valence-corrected chi connectivity index (χ2v) is 5.65. The number of ether oxygens (including phenoxy) is 1. The summed E-state index contributed by atoms with van der Waals surface area (Å²) in [6.07, 6.45) is 6.84. The fourth-order valence-corrected chi connectivity index (χ4v) is 2.51. The van der Waals surface area contributed by atoms with Crippen LogP contribution in [0.15, 0.2) is 59.6 Å². The van der Waals surface area contributed by atoms with Crippen LogP contribution in [0.5, 0.6) is 0 Å². The summed E-state index contributed by atoms with van der Waals surface area (Å²) < 4.78 is 10.5. The van der Waals surface area contributed by atoms with E-state index in [4.69, 9.17) is 9.15 Å². The summed E-state index contributed by atoms with van der Waals surface area (Å²) in [5, 5.41) is 2.88. The highest BCUT2D eigenvalue weighted by atomic mass is 16.5. The van der Waals surface area contributed by atoms with E-state index in [1.807, 2.05) is 42.2 Å². The highest BCUT2D eigenvalue weighted by molar-refractivity contribution is 5.92. The van der Waals surface area contributed by atoms with E-state index in [1.54, 1.807) is 25.7 Å². The van der Waals surface area contributed by atoms with Gasteiger partial charge in [-0.15, -0.1) is 0 Å². The van der Waals surface area contributed by atoms with Crippen molar-refractivity contribution in [2.45, 2.75) is 13.3 Å². The minimum absolute atomic E-state index is 0.106. The molecule has 7 nitrogen and oxygen atoms in total. The zero-order valence-corrected chi connectivity index (χ0v) is 14.7. The number of aromatic nitrogens is 2. The summed E-state index contributed by atoms with van der Waals surface area (Å²) in [5.74, 6) is -0.106. The number of rotatable bonds is 7. The molecule has 0 aliphatic rings. The van der Waals surface area contributed by atoms with E-state index in [0.717, 1.165) is 16.9 Å². The number of nitrogens with zero attached hydrogens (tertiary/aromatic N) is 3. The molecule has 2 aromatic heterocycles. The van der Waals surface area contributed by atoms with Crippen LogP contribution in [0.3, 0.4) is 0 Å². The number of carbonyl (C=O) groups excluding carboxylic acids is 1. The number of carbonyl (C=O) groups is 1. The first-order valence-corrected chi connectivity index (χ1v) is 8.18. The topological polar surface area (TPSA) is 80.5 Å². The van der Waals surface area contributed by atoms with Gasteiger partial charge in [0.1, 0.15) is 6.26 Å². The molecule has 0 unspecified atom stereocenters. The number of anilines is 4. The molecule has 1 N–H and O–H groups in total. The average molecular weight is 352 g/mol. The number of nitrogens with one attached hydrogen (secondary N) is 1. The summed E-state index contributed by atoms with van der Waals surface area (Å²) in [6, 6.07) is 9.87. The van der Waals surface area contributed by atoms with Gasteiger partial charge in [0.2, 0.25) is 5.91 Å². The molecule has 0 radical (unpaired) electrons. The van der Waals surface area contributed by atoms with Gasteiger partial charge in [-0.25, -0.2) is 4.98 Å². The first-order valence-electron chi connectivity index (χ1n) is 8.18. The molecule has 26 heavy (non-hydrogen) atoms. The minimum atomic E-state index is -0.106. The molecule has 3 aromatic rings. The molecule has 7 heteroatoms. The molecule has 0 saturated carbocycles. The van der Waals surface area contributed by atoms with Crippen molar-refractivity contribution in [3.8, 4) is 0 Å². The number of benzene rings is 1. The van der Waals surface area contributed by atoms with Gasteiger partial charge in [-0.1, -0.05) is 6.07 Å². The maximum absolute atomic E-state index is 12.0. The molecular weight excluding hydrogens is 332 g/mol. The Morgan fingerprint density at radius 2 is 2.19 bits per heavy atom. The van der Waals surface area contributed by atoms with Crippen molar-refractivity contribution in [2.24, 2.45) is 0 Å². The molecule has 134 valence electrons. The fourth-order valence-electron chi connectivity index (χ4n) is 2.51. The third-order valence-corrected chi connectivity index (χ3v) is 3.78. The Hall–Kier alpha value is -3.19. The molecule has 1 amide bonds. The van der Waals surface area contributed by atoms with Gasteiger partial charge >= 0.3 is 6.01 Å². The number of methoxy groups -OCH3 is 1. The zero-order chi connectivity index (χ0) is 18.4. The maximum atomic E-state index is 12.0. The molecule has 3 rings (SSSR count). The molecular formula is C19H20N4O3. The Kier molecular flexibility index (Phi) is 5.60. The van der Waals surface area contributed by atoms with Crippen LogP contribution in [0.4, 0.5) is 23.1 Å². The lowest BCUT2D eigenvalue weighted by atomic mass is 10.1. The third kappa shape index (κ3) is 4.07. The number of amides is 1. The van der Waals surface area contributed by atoms with E-state index < -0.39 is 0 Å². The van der Waals surface area contributed by atoms with Gasteiger partial charge in [-0.05, 0) is 36.8 Å². The number of pyridine rings is 1. The lowest BCUT2D eigenvalue weighted by molar-refractivity contribution is -0.117. The van der Waals surface area contributed by atoms with Crippen LogP contribution in [0.2, 0.25) is 0 Å². The highest BCUT2D eigenvalue weighted by Crippen LogP contribution is 2.36. The molecule has 2 heterocycles. The number of hydrogen-bond acceptors (Lipinski definition) is 6. The quantitative estimate of drug-likeness (QED) is 0.696. The van der Waals surface area contributed by atoms with Gasteiger partial charge in [0.15, 0.2) is 0 Å². The second-order valence-electron chi connectivity index (χ2n) is 5.65. The molecule has 0 aliphatic carbocycles. The van der Waals surface area contributed by atoms with Crippen molar-refractivity contribution in [1.29, 1.82) is 0 Å². The van der Waals surface area contributed by atoms with Crippen LogP contribution < -0.4 is 10.2 Å². The standard InChI is InChI=1S/C19H20N4O3/c1-14-5-6-15(22-18(24)7-10-25-2)12-17(14)23(19-21-9-11-26-19)16-4-3-8-20-13-16/h3-6,8-9,11-13H,7,10H2,1-2H3,(H,22,24). The van der Waals surface area contributed by atoms with E-state index >= 15 is 0 Å². The predicted octanol–water partition coefficient (Wildman–Crippen LogP) is 3.82. The molecule has 0 atom stereocenters. The first kappa shape index (κ1) is 17.6. The Morgan fingerprint density at radius 3 is 2.88 bits per heavy atom.